The smallest absolute Gasteiger partial charge is 0.333 e. The van der Waals surface area contributed by atoms with Crippen LogP contribution >= 0.6 is 9.24 Å². The highest BCUT2D eigenvalue weighted by atomic mass is 31.0. The van der Waals surface area contributed by atoms with Crippen molar-refractivity contribution >= 4 is 34.2 Å². The molecule has 4 nitrogen and oxygen atoms in total. The molecule has 1 unspecified atom stereocenters. The summed E-state index contributed by atoms with van der Waals surface area (Å²) in [6.45, 7) is 8.27. The molecule has 1 atom stereocenters. The van der Waals surface area contributed by atoms with E-state index in [2.05, 4.69) is 28.4 Å². The van der Waals surface area contributed by atoms with Crippen molar-refractivity contribution in [3.63, 3.8) is 0 Å². The van der Waals surface area contributed by atoms with Crippen LogP contribution in [0, 0.1) is 11.3 Å². The molecule has 0 heterocycles. The summed E-state index contributed by atoms with van der Waals surface area (Å²) in [6, 6.07) is 7.33. The van der Waals surface area contributed by atoms with Gasteiger partial charge >= 0.3 is 7.48 Å². The third-order valence-electron chi connectivity index (χ3n) is 3.65. The lowest BCUT2D eigenvalue weighted by atomic mass is 9.80. The minimum atomic E-state index is -0.430. The lowest BCUT2D eigenvalue weighted by Crippen LogP contribution is -2.45. The zero-order valence-electron chi connectivity index (χ0n) is 12.9. The Labute approximate surface area is 129 Å². The molecule has 0 bridgehead atoms. The van der Waals surface area contributed by atoms with Crippen LogP contribution in [-0.2, 0) is 4.65 Å². The highest BCUT2D eigenvalue weighted by Gasteiger charge is 2.34. The average Bonchev–Trinajstić information content (AvgIpc) is 2.41. The van der Waals surface area contributed by atoms with E-state index in [1.54, 1.807) is 19.6 Å². The van der Waals surface area contributed by atoms with Gasteiger partial charge in [0.25, 0.3) is 0 Å². The standard InChI is InChI=1S/C15H21BN2O2P/c1-14(2,15(3,4)21)20-16-13-11(10-19)6-5-7-12(13)18-9-8-17/h5-7,10,18H,9,21H2,1-4H3. The van der Waals surface area contributed by atoms with E-state index in [-0.39, 0.29) is 11.7 Å². The molecule has 0 saturated heterocycles. The minimum Gasteiger partial charge on any atom is -0.429 e. The lowest BCUT2D eigenvalue weighted by Gasteiger charge is -2.39. The van der Waals surface area contributed by atoms with Gasteiger partial charge in [0.05, 0.1) is 11.7 Å². The number of hydrogen-bond acceptors (Lipinski definition) is 4. The average molecular weight is 303 g/mol. The SMILES string of the molecule is CC(C)(P)C(C)(C)O[B]c1c(C=O)cccc1NCC#N. The van der Waals surface area contributed by atoms with Gasteiger partial charge in [-0.25, -0.2) is 0 Å². The third kappa shape index (κ3) is 4.56. The van der Waals surface area contributed by atoms with Gasteiger partial charge in [0.2, 0.25) is 0 Å². The highest BCUT2D eigenvalue weighted by Crippen LogP contribution is 2.33. The number of carbonyl (C=O) groups is 1. The zero-order valence-corrected chi connectivity index (χ0v) is 14.1. The van der Waals surface area contributed by atoms with Crippen molar-refractivity contribution in [1.82, 2.24) is 0 Å². The van der Waals surface area contributed by atoms with Gasteiger partial charge in [0.15, 0.2) is 0 Å². The van der Waals surface area contributed by atoms with Crippen molar-refractivity contribution in [1.29, 1.82) is 5.26 Å². The van der Waals surface area contributed by atoms with Gasteiger partial charge < -0.3 is 9.97 Å². The number of anilines is 1. The van der Waals surface area contributed by atoms with E-state index in [1.165, 1.54) is 0 Å². The van der Waals surface area contributed by atoms with Gasteiger partial charge in [0, 0.05) is 16.4 Å². The first kappa shape index (κ1) is 17.7. The van der Waals surface area contributed by atoms with Crippen molar-refractivity contribution in [3.8, 4) is 6.07 Å². The summed E-state index contributed by atoms with van der Waals surface area (Å²) in [7, 11) is 4.36. The van der Waals surface area contributed by atoms with E-state index < -0.39 is 5.60 Å². The van der Waals surface area contributed by atoms with Gasteiger partial charge in [-0.3, -0.25) is 4.79 Å². The minimum absolute atomic E-state index is 0.139. The summed E-state index contributed by atoms with van der Waals surface area (Å²) in [5, 5.41) is 11.5. The van der Waals surface area contributed by atoms with Gasteiger partial charge in [-0.05, 0) is 25.4 Å². The van der Waals surface area contributed by atoms with Crippen LogP contribution in [0.2, 0.25) is 0 Å². The van der Waals surface area contributed by atoms with E-state index in [0.29, 0.717) is 16.7 Å². The van der Waals surface area contributed by atoms with Crippen LogP contribution in [0.4, 0.5) is 5.69 Å². The molecule has 0 aromatic heterocycles. The van der Waals surface area contributed by atoms with Crippen LogP contribution in [0.3, 0.4) is 0 Å². The van der Waals surface area contributed by atoms with Gasteiger partial charge in [-0.2, -0.15) is 5.26 Å². The first-order valence-electron chi connectivity index (χ1n) is 6.72. The molecule has 0 spiro atoms. The second kappa shape index (κ2) is 7.07. The molecule has 1 N–H and O–H groups in total. The van der Waals surface area contributed by atoms with Crippen LogP contribution < -0.4 is 10.8 Å². The van der Waals surface area contributed by atoms with Crippen molar-refractivity contribution in [2.24, 2.45) is 0 Å². The van der Waals surface area contributed by atoms with E-state index in [1.807, 2.05) is 26.0 Å². The number of nitrogens with zero attached hydrogens (tertiary/aromatic N) is 1. The number of rotatable bonds is 7. The largest absolute Gasteiger partial charge is 0.429 e. The van der Waals surface area contributed by atoms with Gasteiger partial charge in [0.1, 0.15) is 12.8 Å². The normalized spacial score (nSPS) is 11.6. The number of nitrogens with one attached hydrogen (secondary N) is 1. The summed E-state index contributed by atoms with van der Waals surface area (Å²) < 4.78 is 5.92. The van der Waals surface area contributed by atoms with Crippen molar-refractivity contribution in [3.05, 3.63) is 23.8 Å². The number of hydrogen-bond donors (Lipinski definition) is 1. The van der Waals surface area contributed by atoms with Crippen LogP contribution in [0.1, 0.15) is 38.1 Å². The summed E-state index contributed by atoms with van der Waals surface area (Å²) in [6.07, 6.45) is 0.783. The molecule has 0 aliphatic carbocycles. The molecule has 1 radical (unpaired) electrons. The molecule has 0 fully saturated rings. The van der Waals surface area contributed by atoms with Crippen LogP contribution in [0.15, 0.2) is 18.2 Å². The Bertz CT molecular complexity index is 548. The molecule has 21 heavy (non-hydrogen) atoms. The van der Waals surface area contributed by atoms with Gasteiger partial charge in [-0.1, -0.05) is 26.0 Å². The van der Waals surface area contributed by atoms with Crippen LogP contribution in [0.25, 0.3) is 0 Å². The number of benzene rings is 1. The molecular formula is C15H21BN2O2P. The lowest BCUT2D eigenvalue weighted by molar-refractivity contribution is 0.0840. The maximum Gasteiger partial charge on any atom is 0.333 e. The molecule has 6 heteroatoms. The summed E-state index contributed by atoms with van der Waals surface area (Å²) in [5.41, 5.74) is 1.46. The van der Waals surface area contributed by atoms with Crippen LogP contribution in [-0.4, -0.2) is 31.1 Å². The fourth-order valence-electron chi connectivity index (χ4n) is 1.46. The third-order valence-corrected chi connectivity index (χ3v) is 4.34. The summed E-state index contributed by atoms with van der Waals surface area (Å²) in [4.78, 5) is 11.2. The Morgan fingerprint density at radius 3 is 2.62 bits per heavy atom. The number of aldehydes is 1. The molecule has 1 aromatic rings. The Balaban J connectivity index is 3.01. The monoisotopic (exact) mass is 303 g/mol. The van der Waals surface area contributed by atoms with E-state index >= 15 is 0 Å². The predicted molar refractivity (Wildman–Crippen MR) is 90.3 cm³/mol. The Morgan fingerprint density at radius 1 is 1.43 bits per heavy atom. The molecule has 0 amide bonds. The summed E-state index contributed by atoms with van der Waals surface area (Å²) in [5.74, 6) is 0. The van der Waals surface area contributed by atoms with Crippen molar-refractivity contribution < 1.29 is 9.45 Å². The van der Waals surface area contributed by atoms with Gasteiger partial charge in [-0.15, -0.1) is 9.24 Å². The Morgan fingerprint density at radius 2 is 2.10 bits per heavy atom. The number of carbonyl (C=O) groups excluding carboxylic acids is 1. The molecular weight excluding hydrogens is 282 g/mol. The highest BCUT2D eigenvalue weighted by molar-refractivity contribution is 7.19. The molecule has 1 aromatic carbocycles. The van der Waals surface area contributed by atoms with Crippen LogP contribution in [0.5, 0.6) is 0 Å². The second-order valence-electron chi connectivity index (χ2n) is 5.91. The fourth-order valence-corrected chi connectivity index (χ4v) is 1.53. The summed E-state index contributed by atoms with van der Waals surface area (Å²) >= 11 is 0. The predicted octanol–water partition coefficient (Wildman–Crippen LogP) is 2.13. The maximum absolute atomic E-state index is 11.2. The van der Waals surface area contributed by atoms with E-state index in [4.69, 9.17) is 9.92 Å². The first-order valence-corrected chi connectivity index (χ1v) is 7.29. The zero-order chi connectivity index (χ0) is 16.1. The van der Waals surface area contributed by atoms with E-state index in [0.717, 1.165) is 6.29 Å². The quantitative estimate of drug-likeness (QED) is 0.363. The Hall–Kier alpha value is -1.37. The second-order valence-corrected chi connectivity index (χ2v) is 7.35. The maximum atomic E-state index is 11.2. The molecule has 1 rings (SSSR count). The fraction of sp³-hybridized carbons (Fsp3) is 0.467. The first-order chi connectivity index (χ1) is 9.73. The molecule has 0 aliphatic rings. The van der Waals surface area contributed by atoms with Crippen molar-refractivity contribution in [2.75, 3.05) is 11.9 Å². The molecule has 0 aliphatic heterocycles. The number of nitriles is 1. The van der Waals surface area contributed by atoms with Crippen molar-refractivity contribution in [2.45, 2.75) is 38.5 Å². The molecule has 111 valence electrons. The topological polar surface area (TPSA) is 62.1 Å². The molecule has 0 saturated carbocycles. The Kier molecular flexibility index (Phi) is 5.95. The van der Waals surface area contributed by atoms with E-state index in [9.17, 15) is 4.79 Å².